The Hall–Kier alpha value is -4.40. The van der Waals surface area contributed by atoms with E-state index in [1.165, 1.54) is 6.07 Å². The molecule has 1 aliphatic carbocycles. The average molecular weight is 504 g/mol. The molecule has 1 atom stereocenters. The lowest BCUT2D eigenvalue weighted by atomic mass is 10.0. The summed E-state index contributed by atoms with van der Waals surface area (Å²) in [5.74, 6) is -1.98. The minimum atomic E-state index is -0.734. The Labute approximate surface area is 211 Å². The fourth-order valence-corrected chi connectivity index (χ4v) is 4.51. The van der Waals surface area contributed by atoms with Crippen molar-refractivity contribution in [2.24, 2.45) is 5.16 Å². The van der Waals surface area contributed by atoms with E-state index in [0.29, 0.717) is 28.9 Å². The van der Waals surface area contributed by atoms with Crippen LogP contribution >= 0.6 is 0 Å². The van der Waals surface area contributed by atoms with E-state index in [4.69, 9.17) is 4.84 Å². The van der Waals surface area contributed by atoms with E-state index in [-0.39, 0.29) is 49.0 Å². The van der Waals surface area contributed by atoms with Gasteiger partial charge in [-0.3, -0.25) is 14.4 Å². The van der Waals surface area contributed by atoms with Crippen LogP contribution in [-0.4, -0.2) is 36.0 Å². The molecule has 2 amide bonds. The van der Waals surface area contributed by atoms with Crippen LogP contribution in [0.5, 0.6) is 0 Å². The van der Waals surface area contributed by atoms with E-state index >= 15 is 0 Å². The first-order valence-electron chi connectivity index (χ1n) is 11.9. The third-order valence-electron chi connectivity index (χ3n) is 6.30. The number of anilines is 1. The number of nitrogens with one attached hydrogen (secondary N) is 2. The molecule has 37 heavy (non-hydrogen) atoms. The van der Waals surface area contributed by atoms with Gasteiger partial charge in [-0.25, -0.2) is 8.78 Å². The summed E-state index contributed by atoms with van der Waals surface area (Å²) in [4.78, 5) is 42.4. The summed E-state index contributed by atoms with van der Waals surface area (Å²) in [7, 11) is 0. The summed E-state index contributed by atoms with van der Waals surface area (Å²) in [6.45, 7) is 0.289. The fraction of sp³-hybridized carbons (Fsp3) is 0.214. The lowest BCUT2D eigenvalue weighted by molar-refractivity contribution is -0.124. The van der Waals surface area contributed by atoms with Crippen LogP contribution in [0.3, 0.4) is 0 Å². The second-order valence-corrected chi connectivity index (χ2v) is 8.93. The highest BCUT2D eigenvalue weighted by atomic mass is 19.1. The van der Waals surface area contributed by atoms with Crippen LogP contribution in [0.2, 0.25) is 0 Å². The van der Waals surface area contributed by atoms with Gasteiger partial charge in [0.1, 0.15) is 17.7 Å². The first-order chi connectivity index (χ1) is 17.9. The van der Waals surface area contributed by atoms with Gasteiger partial charge in [-0.1, -0.05) is 35.5 Å². The Kier molecular flexibility index (Phi) is 6.76. The van der Waals surface area contributed by atoms with Crippen molar-refractivity contribution in [1.29, 1.82) is 0 Å². The van der Waals surface area contributed by atoms with Gasteiger partial charge in [0.25, 0.3) is 0 Å². The maximum atomic E-state index is 13.9. The van der Waals surface area contributed by atoms with E-state index in [9.17, 15) is 23.2 Å². The Balaban J connectivity index is 1.03. The van der Waals surface area contributed by atoms with Crippen LogP contribution in [0.15, 0.2) is 65.8 Å². The minimum Gasteiger partial charge on any atom is -0.391 e. The summed E-state index contributed by atoms with van der Waals surface area (Å²) in [5, 5.41) is 9.36. The number of hydrogen-bond acceptors (Lipinski definition) is 5. The van der Waals surface area contributed by atoms with Gasteiger partial charge in [-0.15, -0.1) is 0 Å². The molecule has 2 aliphatic rings. The van der Waals surface area contributed by atoms with Crippen molar-refractivity contribution >= 4 is 29.0 Å². The molecular weight excluding hydrogens is 480 g/mol. The highest BCUT2D eigenvalue weighted by molar-refractivity contribution is 6.22. The Morgan fingerprint density at radius 1 is 0.919 bits per heavy atom. The number of halogens is 2. The van der Waals surface area contributed by atoms with Crippen molar-refractivity contribution in [3.8, 4) is 11.1 Å². The zero-order valence-corrected chi connectivity index (χ0v) is 19.7. The molecule has 188 valence electrons. The summed E-state index contributed by atoms with van der Waals surface area (Å²) in [6, 6.07) is 15.9. The number of benzene rings is 3. The average Bonchev–Trinajstić information content (AvgIpc) is 3.44. The zero-order chi connectivity index (χ0) is 25.9. The molecule has 0 fully saturated rings. The van der Waals surface area contributed by atoms with Crippen molar-refractivity contribution in [2.75, 3.05) is 11.9 Å². The van der Waals surface area contributed by atoms with E-state index in [0.717, 1.165) is 23.3 Å². The lowest BCUT2D eigenvalue weighted by Crippen LogP contribution is -2.29. The quantitative estimate of drug-likeness (QED) is 0.344. The Morgan fingerprint density at radius 3 is 2.49 bits per heavy atom. The second-order valence-electron chi connectivity index (χ2n) is 8.93. The highest BCUT2D eigenvalue weighted by Crippen LogP contribution is 2.37. The SMILES string of the molecule is O=C(CC1CC(c2ccc(F)cc2F)=NO1)NCCCC(=O)Nc1ccc2c(c1)C(=O)c1ccccc1-2. The molecular formula is C28H23F2N3O4. The van der Waals surface area contributed by atoms with Crippen molar-refractivity contribution in [3.05, 3.63) is 89.0 Å². The number of fused-ring (bicyclic) bond motifs is 3. The number of oxime groups is 1. The molecule has 0 spiro atoms. The summed E-state index contributed by atoms with van der Waals surface area (Å²) in [6.07, 6.45) is 0.306. The molecule has 0 saturated carbocycles. The summed E-state index contributed by atoms with van der Waals surface area (Å²) >= 11 is 0. The Morgan fingerprint density at radius 2 is 1.68 bits per heavy atom. The lowest BCUT2D eigenvalue weighted by Gasteiger charge is -2.10. The minimum absolute atomic E-state index is 0.0214. The smallest absolute Gasteiger partial charge is 0.224 e. The predicted octanol–water partition coefficient (Wildman–Crippen LogP) is 4.59. The monoisotopic (exact) mass is 503 g/mol. The molecule has 1 aliphatic heterocycles. The fourth-order valence-electron chi connectivity index (χ4n) is 4.51. The van der Waals surface area contributed by atoms with Crippen molar-refractivity contribution in [2.45, 2.75) is 31.8 Å². The molecule has 5 rings (SSSR count). The van der Waals surface area contributed by atoms with Crippen LogP contribution in [0.1, 0.15) is 47.2 Å². The molecule has 1 unspecified atom stereocenters. The normalized spacial score (nSPS) is 15.5. The maximum Gasteiger partial charge on any atom is 0.224 e. The summed E-state index contributed by atoms with van der Waals surface area (Å²) in [5.41, 5.74) is 3.98. The number of rotatable bonds is 8. The van der Waals surface area contributed by atoms with E-state index in [1.54, 1.807) is 18.2 Å². The Bertz CT molecular complexity index is 1440. The van der Waals surface area contributed by atoms with E-state index < -0.39 is 17.7 Å². The van der Waals surface area contributed by atoms with Crippen LogP contribution in [0.25, 0.3) is 11.1 Å². The number of amides is 2. The highest BCUT2D eigenvalue weighted by Gasteiger charge is 2.27. The number of carbonyl (C=O) groups is 3. The summed E-state index contributed by atoms with van der Waals surface area (Å²) < 4.78 is 27.0. The third kappa shape index (κ3) is 5.25. The molecule has 3 aromatic rings. The van der Waals surface area contributed by atoms with Crippen LogP contribution in [0.4, 0.5) is 14.5 Å². The number of carbonyl (C=O) groups excluding carboxylic acids is 3. The molecule has 0 bridgehead atoms. The molecule has 1 heterocycles. The first kappa shape index (κ1) is 24.3. The van der Waals surface area contributed by atoms with Crippen molar-refractivity contribution < 1.29 is 28.0 Å². The number of ketones is 1. The maximum absolute atomic E-state index is 13.9. The van der Waals surface area contributed by atoms with Gasteiger partial charge in [-0.05, 0) is 41.8 Å². The topological polar surface area (TPSA) is 96.9 Å². The van der Waals surface area contributed by atoms with Gasteiger partial charge in [0.15, 0.2) is 5.78 Å². The molecule has 7 nitrogen and oxygen atoms in total. The van der Waals surface area contributed by atoms with Gasteiger partial charge in [0.05, 0.1) is 12.1 Å². The van der Waals surface area contributed by atoms with Gasteiger partial charge in [0, 0.05) is 47.8 Å². The number of nitrogens with zero attached hydrogens (tertiary/aromatic N) is 1. The van der Waals surface area contributed by atoms with Crippen LogP contribution < -0.4 is 10.6 Å². The van der Waals surface area contributed by atoms with Crippen LogP contribution in [-0.2, 0) is 14.4 Å². The van der Waals surface area contributed by atoms with Crippen molar-refractivity contribution in [3.63, 3.8) is 0 Å². The van der Waals surface area contributed by atoms with Crippen molar-refractivity contribution in [1.82, 2.24) is 5.32 Å². The standard InChI is InChI=1S/C28H23F2N3O4/c29-16-7-9-22(24(30)12-16)25-14-18(37-33-25)15-27(35)31-11-3-6-26(34)32-17-8-10-20-19-4-1-2-5-21(19)28(36)23(20)13-17/h1-2,4-5,7-10,12-13,18H,3,6,11,14-15H2,(H,31,35)(H,32,34). The van der Waals surface area contributed by atoms with E-state index in [2.05, 4.69) is 15.8 Å². The van der Waals surface area contributed by atoms with Gasteiger partial charge < -0.3 is 15.5 Å². The van der Waals surface area contributed by atoms with Gasteiger partial charge >= 0.3 is 0 Å². The third-order valence-corrected chi connectivity index (χ3v) is 6.30. The molecule has 2 N–H and O–H groups in total. The molecule has 0 aromatic heterocycles. The largest absolute Gasteiger partial charge is 0.391 e. The molecule has 0 radical (unpaired) electrons. The number of hydrogen-bond donors (Lipinski definition) is 2. The van der Waals surface area contributed by atoms with Gasteiger partial charge in [0.2, 0.25) is 11.8 Å². The predicted molar refractivity (Wildman–Crippen MR) is 133 cm³/mol. The molecule has 0 saturated heterocycles. The molecule has 3 aromatic carbocycles. The van der Waals surface area contributed by atoms with E-state index in [1.807, 2.05) is 24.3 Å². The van der Waals surface area contributed by atoms with Gasteiger partial charge in [-0.2, -0.15) is 0 Å². The zero-order valence-electron chi connectivity index (χ0n) is 19.7. The molecule has 9 heteroatoms. The van der Waals surface area contributed by atoms with Crippen LogP contribution in [0, 0.1) is 11.6 Å². The second kappa shape index (κ2) is 10.3. The first-order valence-corrected chi connectivity index (χ1v) is 11.9.